The molecule has 39 heavy (non-hydrogen) atoms. The van der Waals surface area contributed by atoms with E-state index in [0.717, 1.165) is 17.8 Å². The maximum Gasteiger partial charge on any atom is 0.350 e. The van der Waals surface area contributed by atoms with Gasteiger partial charge in [-0.05, 0) is 37.0 Å². The van der Waals surface area contributed by atoms with Crippen LogP contribution in [0.3, 0.4) is 0 Å². The summed E-state index contributed by atoms with van der Waals surface area (Å²) in [6.07, 6.45) is 2.31. The average molecular weight is 547 g/mol. The number of hydrogen-bond donors (Lipinski definition) is 1. The minimum atomic E-state index is -0.999. The SMILES string of the molecule is C=CCOC(=O)c1sc(N2C(=O)C(=O)/C(=C(/O)c3ccccc3)C2c2cccc(OCCC(C)C)c2)nc1C. The zero-order valence-corrected chi connectivity index (χ0v) is 22.9. The van der Waals surface area contributed by atoms with Crippen molar-refractivity contribution in [2.75, 3.05) is 18.1 Å². The Bertz CT molecular complexity index is 1430. The number of anilines is 1. The van der Waals surface area contributed by atoms with Gasteiger partial charge in [0.15, 0.2) is 5.13 Å². The summed E-state index contributed by atoms with van der Waals surface area (Å²) in [5.74, 6) is -1.57. The standard InChI is InChI=1S/C30H30N2O6S/c1-5-15-38-29(36)27-19(4)31-30(39-27)32-24(21-12-9-13-22(17-21)37-16-14-18(2)3)23(26(34)28(32)35)25(33)20-10-7-6-8-11-20/h5-13,17-18,24,33H,1,14-16H2,2-4H3/b25-23+. The lowest BCUT2D eigenvalue weighted by Crippen LogP contribution is -2.29. The molecule has 8 nitrogen and oxygen atoms in total. The van der Waals surface area contributed by atoms with Gasteiger partial charge in [0.05, 0.1) is 23.9 Å². The van der Waals surface area contributed by atoms with E-state index in [9.17, 15) is 19.5 Å². The summed E-state index contributed by atoms with van der Waals surface area (Å²) >= 11 is 0.948. The van der Waals surface area contributed by atoms with Crippen LogP contribution in [0.1, 0.15) is 52.8 Å². The Balaban J connectivity index is 1.83. The van der Waals surface area contributed by atoms with Gasteiger partial charge in [0.2, 0.25) is 0 Å². The maximum atomic E-state index is 13.5. The van der Waals surface area contributed by atoms with Crippen molar-refractivity contribution in [1.82, 2.24) is 4.98 Å². The summed E-state index contributed by atoms with van der Waals surface area (Å²) in [4.78, 5) is 45.3. The number of hydrogen-bond acceptors (Lipinski definition) is 8. The maximum absolute atomic E-state index is 13.5. The van der Waals surface area contributed by atoms with Gasteiger partial charge in [-0.2, -0.15) is 0 Å². The highest BCUT2D eigenvalue weighted by Gasteiger charge is 2.48. The number of carbonyl (C=O) groups is 3. The molecule has 3 aromatic rings. The molecule has 1 fully saturated rings. The van der Waals surface area contributed by atoms with Crippen molar-refractivity contribution in [2.24, 2.45) is 5.92 Å². The number of Topliss-reactive ketones (excluding diaryl/α,β-unsaturated/α-hetero) is 1. The van der Waals surface area contributed by atoms with Crippen LogP contribution < -0.4 is 9.64 Å². The number of rotatable bonds is 10. The monoisotopic (exact) mass is 546 g/mol. The summed E-state index contributed by atoms with van der Waals surface area (Å²) < 4.78 is 11.1. The first-order valence-corrected chi connectivity index (χ1v) is 13.4. The van der Waals surface area contributed by atoms with E-state index in [1.807, 2.05) is 0 Å². The van der Waals surface area contributed by atoms with E-state index in [4.69, 9.17) is 9.47 Å². The van der Waals surface area contributed by atoms with E-state index in [0.29, 0.717) is 35.1 Å². The second kappa shape index (κ2) is 12.1. The van der Waals surface area contributed by atoms with Gasteiger partial charge < -0.3 is 14.6 Å². The molecule has 1 aromatic heterocycles. The van der Waals surface area contributed by atoms with E-state index in [-0.39, 0.29) is 27.9 Å². The van der Waals surface area contributed by atoms with Gasteiger partial charge in [0.25, 0.3) is 5.78 Å². The smallest absolute Gasteiger partial charge is 0.350 e. The third kappa shape index (κ3) is 5.93. The molecule has 1 aliphatic heterocycles. The fourth-order valence-corrected chi connectivity index (χ4v) is 5.15. The van der Waals surface area contributed by atoms with Crippen molar-refractivity contribution in [3.63, 3.8) is 0 Å². The summed E-state index contributed by atoms with van der Waals surface area (Å²) in [5.41, 5.74) is 1.24. The molecule has 2 aromatic carbocycles. The van der Waals surface area contributed by atoms with Crippen molar-refractivity contribution >= 4 is 39.9 Å². The van der Waals surface area contributed by atoms with E-state index < -0.39 is 23.7 Å². The Hall–Kier alpha value is -4.24. The summed E-state index contributed by atoms with van der Waals surface area (Å²) in [5, 5.41) is 11.4. The van der Waals surface area contributed by atoms with Crippen LogP contribution in [0, 0.1) is 12.8 Å². The lowest BCUT2D eigenvalue weighted by Gasteiger charge is -2.23. The lowest BCUT2D eigenvalue weighted by molar-refractivity contribution is -0.132. The van der Waals surface area contributed by atoms with Crippen LogP contribution in [0.4, 0.5) is 5.13 Å². The van der Waals surface area contributed by atoms with E-state index in [1.54, 1.807) is 61.5 Å². The number of ketones is 1. The van der Waals surface area contributed by atoms with Gasteiger partial charge in [-0.3, -0.25) is 14.5 Å². The molecule has 1 amide bonds. The highest BCUT2D eigenvalue weighted by molar-refractivity contribution is 7.17. The van der Waals surface area contributed by atoms with Gasteiger partial charge in [-0.25, -0.2) is 9.78 Å². The Morgan fingerprint density at radius 2 is 1.92 bits per heavy atom. The van der Waals surface area contributed by atoms with Gasteiger partial charge in [0.1, 0.15) is 23.0 Å². The zero-order chi connectivity index (χ0) is 28.1. The largest absolute Gasteiger partial charge is 0.507 e. The number of benzene rings is 2. The number of esters is 1. The number of aliphatic hydroxyl groups excluding tert-OH is 1. The van der Waals surface area contributed by atoms with E-state index in [1.165, 1.54) is 11.0 Å². The fraction of sp³-hybridized carbons (Fsp3) is 0.267. The first-order valence-electron chi connectivity index (χ1n) is 12.6. The molecule has 1 aliphatic rings. The quantitative estimate of drug-likeness (QED) is 0.112. The second-order valence-corrected chi connectivity index (χ2v) is 10.4. The molecule has 1 N–H and O–H groups in total. The number of ether oxygens (including phenoxy) is 2. The van der Waals surface area contributed by atoms with Gasteiger partial charge in [-0.1, -0.05) is 80.3 Å². The molecule has 0 radical (unpaired) electrons. The number of aryl methyl sites for hydroxylation is 1. The van der Waals surface area contributed by atoms with Crippen LogP contribution in [-0.2, 0) is 14.3 Å². The molecular weight excluding hydrogens is 516 g/mol. The topological polar surface area (TPSA) is 106 Å². The lowest BCUT2D eigenvalue weighted by atomic mass is 9.95. The second-order valence-electron chi connectivity index (χ2n) is 9.44. The van der Waals surface area contributed by atoms with Crippen LogP contribution in [0.2, 0.25) is 0 Å². The molecule has 1 unspecified atom stereocenters. The Kier molecular flexibility index (Phi) is 8.61. The van der Waals surface area contributed by atoms with Crippen molar-refractivity contribution < 1.29 is 29.0 Å². The average Bonchev–Trinajstić information content (AvgIpc) is 3.43. The predicted octanol–water partition coefficient (Wildman–Crippen LogP) is 5.85. The highest BCUT2D eigenvalue weighted by atomic mass is 32.1. The number of aromatic nitrogens is 1. The molecule has 0 spiro atoms. The number of nitrogens with zero attached hydrogens (tertiary/aromatic N) is 2. The number of aliphatic hydroxyl groups is 1. The number of thiazole rings is 1. The zero-order valence-electron chi connectivity index (χ0n) is 22.0. The first-order chi connectivity index (χ1) is 18.7. The molecule has 0 saturated carbocycles. The highest BCUT2D eigenvalue weighted by Crippen LogP contribution is 2.44. The van der Waals surface area contributed by atoms with Crippen molar-refractivity contribution in [2.45, 2.75) is 33.2 Å². The van der Waals surface area contributed by atoms with E-state index in [2.05, 4.69) is 25.4 Å². The Labute approximate surface area is 231 Å². The molecule has 1 saturated heterocycles. The van der Waals surface area contributed by atoms with Gasteiger partial charge in [0, 0.05) is 5.56 Å². The molecule has 0 bridgehead atoms. The Morgan fingerprint density at radius 3 is 2.62 bits per heavy atom. The first kappa shape index (κ1) is 27.8. The fourth-order valence-electron chi connectivity index (χ4n) is 4.16. The normalized spacial score (nSPS) is 16.5. The molecule has 1 atom stereocenters. The van der Waals surface area contributed by atoms with Crippen molar-refractivity contribution in [3.8, 4) is 5.75 Å². The van der Waals surface area contributed by atoms with Crippen LogP contribution in [0.5, 0.6) is 5.75 Å². The molecule has 9 heteroatoms. The number of carbonyl (C=O) groups excluding carboxylic acids is 3. The molecule has 2 heterocycles. The molecular formula is C30H30N2O6S. The Morgan fingerprint density at radius 1 is 1.18 bits per heavy atom. The minimum Gasteiger partial charge on any atom is -0.507 e. The van der Waals surface area contributed by atoms with Crippen LogP contribution >= 0.6 is 11.3 Å². The van der Waals surface area contributed by atoms with Crippen molar-refractivity contribution in [3.05, 3.63) is 94.5 Å². The third-order valence-electron chi connectivity index (χ3n) is 6.14. The number of amides is 1. The minimum absolute atomic E-state index is 0.0245. The molecule has 202 valence electrons. The molecule has 4 rings (SSSR count). The molecule has 0 aliphatic carbocycles. The predicted molar refractivity (Wildman–Crippen MR) is 150 cm³/mol. The van der Waals surface area contributed by atoms with Gasteiger partial charge >= 0.3 is 11.9 Å². The summed E-state index contributed by atoms with van der Waals surface area (Å²) in [7, 11) is 0. The van der Waals surface area contributed by atoms with Crippen LogP contribution in [0.15, 0.2) is 72.8 Å². The van der Waals surface area contributed by atoms with Gasteiger partial charge in [-0.15, -0.1) is 0 Å². The van der Waals surface area contributed by atoms with E-state index >= 15 is 0 Å². The van der Waals surface area contributed by atoms with Crippen LogP contribution in [0.25, 0.3) is 5.76 Å². The summed E-state index contributed by atoms with van der Waals surface area (Å²) in [6, 6.07) is 14.7. The van der Waals surface area contributed by atoms with Crippen LogP contribution in [-0.4, -0.2) is 41.0 Å². The third-order valence-corrected chi connectivity index (χ3v) is 7.28. The summed E-state index contributed by atoms with van der Waals surface area (Å²) in [6.45, 7) is 9.91. The van der Waals surface area contributed by atoms with Crippen molar-refractivity contribution in [1.29, 1.82) is 0 Å².